The van der Waals surface area contributed by atoms with E-state index in [1.54, 1.807) is 13.8 Å². The van der Waals surface area contributed by atoms with Crippen molar-refractivity contribution in [2.75, 3.05) is 27.9 Å². The number of phenols is 1. The maximum Gasteiger partial charge on any atom is 0.303 e. The minimum atomic E-state index is -3.16. The molecule has 2 saturated heterocycles. The third-order valence-corrected chi connectivity index (χ3v) is 10.6. The highest BCUT2D eigenvalue weighted by molar-refractivity contribution is 6.13. The normalized spacial score (nSPS) is 38.4. The van der Waals surface area contributed by atoms with Crippen LogP contribution in [0.3, 0.4) is 0 Å². The van der Waals surface area contributed by atoms with Crippen LogP contribution in [0.4, 0.5) is 0 Å². The van der Waals surface area contributed by atoms with E-state index in [4.69, 9.17) is 37.9 Å². The highest BCUT2D eigenvalue weighted by atomic mass is 16.8. The summed E-state index contributed by atoms with van der Waals surface area (Å²) in [6.07, 6.45) is -12.2. The molecule has 8 N–H and O–H groups in total. The largest absolute Gasteiger partial charge is 0.506 e. The molecule has 4 unspecified atom stereocenters. The molecule has 18 heteroatoms. The van der Waals surface area contributed by atoms with Crippen molar-refractivity contribution in [3.05, 3.63) is 28.3 Å². The van der Waals surface area contributed by atoms with Crippen molar-refractivity contribution in [2.45, 2.75) is 113 Å². The van der Waals surface area contributed by atoms with E-state index in [0.29, 0.717) is 0 Å². The number of carbonyl (C=O) groups excluding carboxylic acids is 2. The fourth-order valence-corrected chi connectivity index (χ4v) is 8.16. The Morgan fingerprint density at radius 3 is 2.31 bits per heavy atom. The highest BCUT2D eigenvalue weighted by Crippen LogP contribution is 2.60. The monoisotopic (exact) mass is 740 g/mol. The summed E-state index contributed by atoms with van der Waals surface area (Å²) in [6.45, 7) is 4.33. The fraction of sp³-hybridized carbons (Fsp3) is 0.647. The van der Waals surface area contributed by atoms with Gasteiger partial charge in [0.15, 0.2) is 24.3 Å². The van der Waals surface area contributed by atoms with E-state index in [1.807, 2.05) is 0 Å². The van der Waals surface area contributed by atoms with Gasteiger partial charge in [0.25, 0.3) is 11.6 Å². The van der Waals surface area contributed by atoms with Gasteiger partial charge in [-0.25, -0.2) is 0 Å². The van der Waals surface area contributed by atoms with Gasteiger partial charge in [-0.05, 0) is 32.4 Å². The lowest BCUT2D eigenvalue weighted by Crippen LogP contribution is -2.72. The molecule has 52 heavy (non-hydrogen) atoms. The number of ketones is 1. The summed E-state index contributed by atoms with van der Waals surface area (Å²) in [4.78, 5) is 25.4. The van der Waals surface area contributed by atoms with Crippen molar-refractivity contribution in [1.29, 1.82) is 0 Å². The van der Waals surface area contributed by atoms with Gasteiger partial charge in [-0.15, -0.1) is 0 Å². The molecular formula is C34H44O18. The van der Waals surface area contributed by atoms with Gasteiger partial charge >= 0.3 is 5.97 Å². The second kappa shape index (κ2) is 13.0. The maximum absolute atomic E-state index is 13.7. The molecule has 4 aliphatic rings. The predicted molar refractivity (Wildman–Crippen MR) is 171 cm³/mol. The topological polar surface area (TPSA) is 270 Å². The van der Waals surface area contributed by atoms with Crippen LogP contribution in [0.2, 0.25) is 0 Å². The average molecular weight is 741 g/mol. The van der Waals surface area contributed by atoms with E-state index in [1.165, 1.54) is 27.0 Å². The number of aliphatic hydroxyl groups excluding tert-OH is 3. The number of aromatic hydroxyl groups is 1. The van der Waals surface area contributed by atoms with E-state index >= 15 is 0 Å². The van der Waals surface area contributed by atoms with Crippen LogP contribution in [-0.4, -0.2) is 140 Å². The first-order valence-corrected chi connectivity index (χ1v) is 16.5. The molecule has 0 spiro atoms. The van der Waals surface area contributed by atoms with Gasteiger partial charge in [-0.2, -0.15) is 0 Å². The number of rotatable bonds is 8. The molecule has 288 valence electrons. The van der Waals surface area contributed by atoms with E-state index in [9.17, 15) is 50.4 Å². The second-order valence-corrected chi connectivity index (χ2v) is 13.9. The van der Waals surface area contributed by atoms with Gasteiger partial charge < -0.3 is 78.7 Å². The number of hydrogen-bond donors (Lipinski definition) is 8. The molecule has 2 aromatic carbocycles. The van der Waals surface area contributed by atoms with Crippen LogP contribution >= 0.6 is 0 Å². The summed E-state index contributed by atoms with van der Waals surface area (Å²) in [5.74, 6) is -9.08. The number of hydrogen-bond acceptors (Lipinski definition) is 18. The van der Waals surface area contributed by atoms with E-state index in [-0.39, 0.29) is 46.1 Å². The molecule has 0 saturated carbocycles. The van der Waals surface area contributed by atoms with Crippen LogP contribution in [0.5, 0.6) is 17.2 Å². The van der Waals surface area contributed by atoms with Gasteiger partial charge in [-0.3, -0.25) is 9.59 Å². The Bertz CT molecular complexity index is 1770. The molecule has 2 aromatic rings. The van der Waals surface area contributed by atoms with Crippen LogP contribution in [-0.2, 0) is 33.2 Å². The highest BCUT2D eigenvalue weighted by Gasteiger charge is 2.80. The lowest BCUT2D eigenvalue weighted by molar-refractivity contribution is -0.378. The van der Waals surface area contributed by atoms with E-state index in [2.05, 4.69) is 0 Å². The van der Waals surface area contributed by atoms with Crippen LogP contribution in [0.25, 0.3) is 10.8 Å². The van der Waals surface area contributed by atoms with Crippen LogP contribution in [0, 0.1) is 6.92 Å². The molecule has 0 bridgehead atoms. The van der Waals surface area contributed by atoms with Crippen molar-refractivity contribution in [3.63, 3.8) is 0 Å². The standard InChI is InChI=1S/C34H44O18/c1-12-8-15-20(27-19(12)25(40)29-33(43,51-27)32(42,11-35)34(44,52-29)30(46-6)47-7)24(39)22-21(26(15)45-5)17(9-16(37)23(22)38)50-18-10-31(4,41)28(13(2)48-18)49-14(3)36/h8,13,16-18,25,28-30,35,37,39-44H,9-11H2,1-7H3/t13?,16-,17-,18?,25-,28?,29-,31?,32-,33+,34-/m0/s1. The first-order chi connectivity index (χ1) is 24.3. The summed E-state index contributed by atoms with van der Waals surface area (Å²) >= 11 is 0. The van der Waals surface area contributed by atoms with Gasteiger partial charge in [0, 0.05) is 50.5 Å². The Kier molecular flexibility index (Phi) is 9.59. The molecule has 0 amide bonds. The molecule has 6 rings (SSSR count). The molecule has 2 fully saturated rings. The predicted octanol–water partition coefficient (Wildman–Crippen LogP) is -0.771. The van der Waals surface area contributed by atoms with E-state index in [0.717, 1.165) is 14.2 Å². The zero-order valence-electron chi connectivity index (χ0n) is 29.5. The number of phenolic OH excluding ortho intramolecular Hbond substituents is 1. The summed E-state index contributed by atoms with van der Waals surface area (Å²) in [5, 5.41) is 91.2. The summed E-state index contributed by atoms with van der Waals surface area (Å²) in [5.41, 5.74) is -5.06. The summed E-state index contributed by atoms with van der Waals surface area (Å²) in [6, 6.07) is 1.48. The smallest absolute Gasteiger partial charge is 0.303 e. The molecule has 0 aromatic heterocycles. The fourth-order valence-electron chi connectivity index (χ4n) is 8.16. The minimum Gasteiger partial charge on any atom is -0.506 e. The molecule has 0 radical (unpaired) electrons. The van der Waals surface area contributed by atoms with Crippen molar-refractivity contribution in [2.24, 2.45) is 0 Å². The third-order valence-electron chi connectivity index (χ3n) is 10.6. The Labute approximate surface area is 296 Å². The van der Waals surface area contributed by atoms with Crippen molar-refractivity contribution in [1.82, 2.24) is 0 Å². The van der Waals surface area contributed by atoms with E-state index < -0.39 is 107 Å². The first-order valence-electron chi connectivity index (χ1n) is 16.5. The van der Waals surface area contributed by atoms with Gasteiger partial charge in [0.2, 0.25) is 11.9 Å². The number of aryl methyl sites for hydroxylation is 1. The quantitative estimate of drug-likeness (QED) is 0.122. The van der Waals surface area contributed by atoms with Gasteiger partial charge in [0.05, 0.1) is 36.9 Å². The molecule has 3 heterocycles. The lowest BCUT2D eigenvalue weighted by atomic mass is 9.78. The Balaban J connectivity index is 1.51. The molecule has 1 aliphatic carbocycles. The Hall–Kier alpha value is -3.24. The van der Waals surface area contributed by atoms with Crippen LogP contribution in [0.1, 0.15) is 72.9 Å². The van der Waals surface area contributed by atoms with Crippen LogP contribution in [0.15, 0.2) is 6.07 Å². The average Bonchev–Trinajstić information content (AvgIpc) is 3.24. The minimum absolute atomic E-state index is 0.00145. The lowest BCUT2D eigenvalue weighted by Gasteiger charge is -2.46. The number of Topliss-reactive ketones (excluding diaryl/α,β-unsaturated/α-hetero) is 1. The number of carbonyl (C=O) groups is 2. The first kappa shape index (κ1) is 38.5. The summed E-state index contributed by atoms with van der Waals surface area (Å²) < 4.78 is 45.0. The molecule has 3 aliphatic heterocycles. The summed E-state index contributed by atoms with van der Waals surface area (Å²) in [7, 11) is 3.44. The van der Waals surface area contributed by atoms with Crippen molar-refractivity contribution in [3.8, 4) is 17.2 Å². The third kappa shape index (κ3) is 5.24. The van der Waals surface area contributed by atoms with Gasteiger partial charge in [0.1, 0.15) is 35.1 Å². The number of ether oxygens (including phenoxy) is 8. The Morgan fingerprint density at radius 2 is 1.75 bits per heavy atom. The Morgan fingerprint density at radius 1 is 1.10 bits per heavy atom. The maximum atomic E-state index is 13.7. The second-order valence-electron chi connectivity index (χ2n) is 13.9. The zero-order chi connectivity index (χ0) is 38.5. The number of methoxy groups -OCH3 is 3. The molecule has 11 atom stereocenters. The van der Waals surface area contributed by atoms with Gasteiger partial charge in [-0.1, -0.05) is 0 Å². The molecule has 18 nitrogen and oxygen atoms in total. The zero-order valence-corrected chi connectivity index (χ0v) is 29.5. The number of aliphatic hydroxyl groups is 7. The number of esters is 1. The van der Waals surface area contributed by atoms with Crippen LogP contribution < -0.4 is 9.47 Å². The van der Waals surface area contributed by atoms with Crippen molar-refractivity contribution < 1.29 is 88.3 Å². The number of benzene rings is 2. The number of fused-ring (bicyclic) bond motifs is 5. The molecular weight excluding hydrogens is 696 g/mol. The van der Waals surface area contributed by atoms with Crippen molar-refractivity contribution >= 4 is 22.5 Å². The SMILES string of the molecule is COc1c2c(c(O)c3c4c(c(C)cc13)[C@H](O)[C@@H]1O[C@@](O)(C(OC)OC)[C@](O)(CO)[C@]1(O)O4)C(=O)[C@@H](O)C[C@@H]2OC1CC(C)(O)C(OC(C)=O)C(C)O1.